The first kappa shape index (κ1) is 11.9. The Morgan fingerprint density at radius 3 is 2.94 bits per heavy atom. The highest BCUT2D eigenvalue weighted by molar-refractivity contribution is 5.85. The van der Waals surface area contributed by atoms with Crippen LogP contribution in [0.15, 0.2) is 24.7 Å². The molecule has 2 N–H and O–H groups in total. The van der Waals surface area contributed by atoms with Crippen molar-refractivity contribution in [1.82, 2.24) is 19.9 Å². The van der Waals surface area contributed by atoms with Gasteiger partial charge in [0.15, 0.2) is 5.69 Å². The minimum atomic E-state index is -1.08. The average molecular weight is 245 g/mol. The van der Waals surface area contributed by atoms with Crippen LogP contribution in [0.4, 0.5) is 5.95 Å². The zero-order chi connectivity index (χ0) is 13.0. The lowest BCUT2D eigenvalue weighted by Crippen LogP contribution is -2.09. The van der Waals surface area contributed by atoms with Crippen molar-refractivity contribution in [3.05, 3.63) is 41.7 Å². The van der Waals surface area contributed by atoms with Gasteiger partial charge in [-0.15, -0.1) is 0 Å². The first-order chi connectivity index (χ1) is 8.65. The largest absolute Gasteiger partial charge is 0.477 e. The van der Waals surface area contributed by atoms with Gasteiger partial charge in [-0.1, -0.05) is 0 Å². The molecule has 2 heterocycles. The predicted octanol–water partition coefficient (Wildman–Crippen LogP) is 0.885. The molecule has 92 valence electrons. The van der Waals surface area contributed by atoms with E-state index in [1.54, 1.807) is 19.2 Å². The Kier molecular flexibility index (Phi) is 3.42. The SMILES string of the molecule is Cc1cc(C(=O)O)nc(NCc2ccncn2)n1. The summed E-state index contributed by atoms with van der Waals surface area (Å²) in [7, 11) is 0. The summed E-state index contributed by atoms with van der Waals surface area (Å²) < 4.78 is 0. The molecule has 0 radical (unpaired) electrons. The lowest BCUT2D eigenvalue weighted by Gasteiger charge is -2.05. The number of hydrogen-bond acceptors (Lipinski definition) is 6. The quantitative estimate of drug-likeness (QED) is 0.824. The second kappa shape index (κ2) is 5.17. The summed E-state index contributed by atoms with van der Waals surface area (Å²) in [6.07, 6.45) is 3.07. The number of aromatic nitrogens is 4. The van der Waals surface area contributed by atoms with E-state index in [9.17, 15) is 4.79 Å². The number of anilines is 1. The number of aryl methyl sites for hydroxylation is 1. The van der Waals surface area contributed by atoms with Crippen molar-refractivity contribution < 1.29 is 9.90 Å². The van der Waals surface area contributed by atoms with Gasteiger partial charge in [0.25, 0.3) is 0 Å². The van der Waals surface area contributed by atoms with Gasteiger partial charge in [0.05, 0.1) is 12.2 Å². The Balaban J connectivity index is 2.12. The number of hydrogen-bond donors (Lipinski definition) is 2. The van der Waals surface area contributed by atoms with Crippen molar-refractivity contribution in [2.45, 2.75) is 13.5 Å². The van der Waals surface area contributed by atoms with E-state index in [1.807, 2.05) is 0 Å². The number of aromatic carboxylic acids is 1. The minimum absolute atomic E-state index is 0.0345. The molecule has 0 aliphatic rings. The molecule has 0 aliphatic carbocycles. The van der Waals surface area contributed by atoms with E-state index in [0.717, 1.165) is 5.69 Å². The third-order valence-electron chi connectivity index (χ3n) is 2.14. The molecule has 0 unspecified atom stereocenters. The maximum Gasteiger partial charge on any atom is 0.354 e. The van der Waals surface area contributed by atoms with Crippen LogP contribution in [0.3, 0.4) is 0 Å². The van der Waals surface area contributed by atoms with Gasteiger partial charge < -0.3 is 10.4 Å². The molecule has 0 spiro atoms. The maximum absolute atomic E-state index is 10.8. The molecule has 0 fully saturated rings. The van der Waals surface area contributed by atoms with E-state index in [4.69, 9.17) is 5.11 Å². The first-order valence-corrected chi connectivity index (χ1v) is 5.23. The van der Waals surface area contributed by atoms with Crippen LogP contribution in [0.5, 0.6) is 0 Å². The predicted molar refractivity (Wildman–Crippen MR) is 63.1 cm³/mol. The average Bonchev–Trinajstić information content (AvgIpc) is 2.37. The highest BCUT2D eigenvalue weighted by atomic mass is 16.4. The van der Waals surface area contributed by atoms with E-state index in [1.165, 1.54) is 12.4 Å². The van der Waals surface area contributed by atoms with Crippen molar-refractivity contribution in [2.24, 2.45) is 0 Å². The van der Waals surface area contributed by atoms with Crippen LogP contribution in [0.2, 0.25) is 0 Å². The molecule has 0 saturated heterocycles. The smallest absolute Gasteiger partial charge is 0.354 e. The second-order valence-corrected chi connectivity index (χ2v) is 3.58. The van der Waals surface area contributed by atoms with Crippen molar-refractivity contribution in [3.8, 4) is 0 Å². The fourth-order valence-electron chi connectivity index (χ4n) is 1.35. The van der Waals surface area contributed by atoms with Gasteiger partial charge in [0.1, 0.15) is 6.33 Å². The number of rotatable bonds is 4. The molecular weight excluding hydrogens is 234 g/mol. The summed E-state index contributed by atoms with van der Waals surface area (Å²) in [5, 5.41) is 11.8. The third kappa shape index (κ3) is 2.97. The molecule has 0 bridgehead atoms. The second-order valence-electron chi connectivity index (χ2n) is 3.58. The number of nitrogens with one attached hydrogen (secondary N) is 1. The Labute approximate surface area is 103 Å². The molecule has 7 nitrogen and oxygen atoms in total. The molecule has 0 amide bonds. The fraction of sp³-hybridized carbons (Fsp3) is 0.182. The molecule has 7 heteroatoms. The monoisotopic (exact) mass is 245 g/mol. The summed E-state index contributed by atoms with van der Waals surface area (Å²) in [5.74, 6) is -0.809. The standard InChI is InChI=1S/C11H11N5O2/c1-7-4-9(10(17)18)16-11(15-7)13-5-8-2-3-12-6-14-8/h2-4,6H,5H2,1H3,(H,17,18)(H,13,15,16). The van der Waals surface area contributed by atoms with Crippen molar-refractivity contribution >= 4 is 11.9 Å². The van der Waals surface area contributed by atoms with Crippen LogP contribution in [-0.4, -0.2) is 31.0 Å². The zero-order valence-electron chi connectivity index (χ0n) is 9.66. The Bertz CT molecular complexity index is 559. The van der Waals surface area contributed by atoms with Gasteiger partial charge in [-0.05, 0) is 19.1 Å². The van der Waals surface area contributed by atoms with E-state index >= 15 is 0 Å². The molecule has 0 aromatic carbocycles. The number of carboxylic acid groups (broad SMARTS) is 1. The first-order valence-electron chi connectivity index (χ1n) is 5.23. The van der Waals surface area contributed by atoms with Crippen molar-refractivity contribution in [2.75, 3.05) is 5.32 Å². The van der Waals surface area contributed by atoms with Crippen LogP contribution < -0.4 is 5.32 Å². The van der Waals surface area contributed by atoms with Crippen LogP contribution in [0, 0.1) is 6.92 Å². The summed E-state index contributed by atoms with van der Waals surface area (Å²) in [6.45, 7) is 2.12. The Morgan fingerprint density at radius 1 is 1.44 bits per heavy atom. The van der Waals surface area contributed by atoms with Crippen molar-refractivity contribution in [3.63, 3.8) is 0 Å². The van der Waals surface area contributed by atoms with Crippen LogP contribution in [0.25, 0.3) is 0 Å². The molecule has 2 aromatic heterocycles. The van der Waals surface area contributed by atoms with E-state index in [-0.39, 0.29) is 11.6 Å². The summed E-state index contributed by atoms with van der Waals surface area (Å²) in [5.41, 5.74) is 1.33. The van der Waals surface area contributed by atoms with Crippen LogP contribution in [-0.2, 0) is 6.54 Å². The van der Waals surface area contributed by atoms with Crippen LogP contribution in [0.1, 0.15) is 21.9 Å². The van der Waals surface area contributed by atoms with E-state index < -0.39 is 5.97 Å². The highest BCUT2D eigenvalue weighted by Gasteiger charge is 2.08. The fourth-order valence-corrected chi connectivity index (χ4v) is 1.35. The maximum atomic E-state index is 10.8. The summed E-state index contributed by atoms with van der Waals surface area (Å²) in [4.78, 5) is 26.7. The Hall–Kier alpha value is -2.57. The summed E-state index contributed by atoms with van der Waals surface area (Å²) >= 11 is 0. The van der Waals surface area contributed by atoms with E-state index in [2.05, 4.69) is 25.3 Å². The molecule has 18 heavy (non-hydrogen) atoms. The van der Waals surface area contributed by atoms with Crippen LogP contribution >= 0.6 is 0 Å². The van der Waals surface area contributed by atoms with Gasteiger partial charge in [-0.25, -0.2) is 24.7 Å². The highest BCUT2D eigenvalue weighted by Crippen LogP contribution is 2.06. The summed E-state index contributed by atoms with van der Waals surface area (Å²) in [6, 6.07) is 3.17. The minimum Gasteiger partial charge on any atom is -0.477 e. The number of carbonyl (C=O) groups is 1. The molecule has 2 rings (SSSR count). The van der Waals surface area contributed by atoms with Gasteiger partial charge >= 0.3 is 5.97 Å². The molecule has 0 atom stereocenters. The third-order valence-corrected chi connectivity index (χ3v) is 2.14. The Morgan fingerprint density at radius 2 is 2.28 bits per heavy atom. The van der Waals surface area contributed by atoms with Gasteiger partial charge in [-0.3, -0.25) is 0 Å². The molecule has 2 aromatic rings. The molecule has 0 aliphatic heterocycles. The van der Waals surface area contributed by atoms with Gasteiger partial charge in [0.2, 0.25) is 5.95 Å². The lowest BCUT2D eigenvalue weighted by atomic mass is 10.3. The molecular formula is C11H11N5O2. The van der Waals surface area contributed by atoms with Gasteiger partial charge in [0, 0.05) is 11.9 Å². The lowest BCUT2D eigenvalue weighted by molar-refractivity contribution is 0.0690. The number of carboxylic acids is 1. The number of nitrogens with zero attached hydrogens (tertiary/aromatic N) is 4. The van der Waals surface area contributed by atoms with E-state index in [0.29, 0.717) is 12.2 Å². The topological polar surface area (TPSA) is 101 Å². The van der Waals surface area contributed by atoms with Crippen molar-refractivity contribution in [1.29, 1.82) is 0 Å². The normalized spacial score (nSPS) is 10.1. The van der Waals surface area contributed by atoms with Gasteiger partial charge in [-0.2, -0.15) is 0 Å². The zero-order valence-corrected chi connectivity index (χ0v) is 9.66. The molecule has 0 saturated carbocycles.